The van der Waals surface area contributed by atoms with Crippen molar-refractivity contribution in [3.63, 3.8) is 0 Å². The van der Waals surface area contributed by atoms with Crippen LogP contribution in [-0.4, -0.2) is 36.8 Å². The Hall–Kier alpha value is -4.25. The normalized spacial score (nSPS) is 10.4. The Kier molecular flexibility index (Phi) is 7.59. The largest absolute Gasteiger partial charge is 0.497 e. The minimum atomic E-state index is -0.640. The van der Waals surface area contributed by atoms with E-state index < -0.39 is 17.2 Å². The van der Waals surface area contributed by atoms with Gasteiger partial charge in [0, 0.05) is 13.0 Å². The fourth-order valence-electron chi connectivity index (χ4n) is 3.79. The number of aryl methyl sites for hydroxylation is 1. The number of rotatable bonds is 9. The Morgan fingerprint density at radius 2 is 1.65 bits per heavy atom. The van der Waals surface area contributed by atoms with Crippen molar-refractivity contribution in [1.82, 2.24) is 4.57 Å². The third-order valence-electron chi connectivity index (χ3n) is 5.67. The summed E-state index contributed by atoms with van der Waals surface area (Å²) >= 11 is 0. The number of nitriles is 1. The number of carbonyl (C=O) groups excluding carboxylic acids is 1. The topological polar surface area (TPSA) is 111 Å². The van der Waals surface area contributed by atoms with Crippen molar-refractivity contribution in [3.8, 4) is 29.2 Å². The summed E-state index contributed by atoms with van der Waals surface area (Å²) < 4.78 is 16.8. The van der Waals surface area contributed by atoms with Gasteiger partial charge in [-0.05, 0) is 54.3 Å². The lowest BCUT2D eigenvalue weighted by Gasteiger charge is -2.16. The summed E-state index contributed by atoms with van der Waals surface area (Å²) in [4.78, 5) is 26.0. The number of aromatic hydroxyl groups is 1. The molecule has 0 spiro atoms. The van der Waals surface area contributed by atoms with E-state index in [9.17, 15) is 20.0 Å². The van der Waals surface area contributed by atoms with Gasteiger partial charge in [0.2, 0.25) is 5.88 Å². The van der Waals surface area contributed by atoms with Crippen molar-refractivity contribution in [2.75, 3.05) is 21.3 Å². The number of hydrogen-bond donors (Lipinski definition) is 1. The molecule has 0 aliphatic heterocycles. The first-order valence-electron chi connectivity index (χ1n) is 10.6. The number of pyridine rings is 1. The summed E-state index contributed by atoms with van der Waals surface area (Å²) in [7, 11) is 4.61. The van der Waals surface area contributed by atoms with Crippen molar-refractivity contribution in [3.05, 3.63) is 80.6 Å². The predicted octanol–water partition coefficient (Wildman–Crippen LogP) is 3.43. The van der Waals surface area contributed by atoms with Gasteiger partial charge in [-0.25, -0.2) is 0 Å². The maximum Gasteiger partial charge on any atom is 0.271 e. The SMILES string of the molecule is COc1ccc(CC(=O)c2c(C)c(C#N)c(=O)n(CCc3ccc(OC)c(OC)c3)c2O)cc1. The molecule has 2 aromatic carbocycles. The van der Waals surface area contributed by atoms with E-state index in [2.05, 4.69) is 0 Å². The highest BCUT2D eigenvalue weighted by Crippen LogP contribution is 2.29. The van der Waals surface area contributed by atoms with Gasteiger partial charge in [0.25, 0.3) is 5.56 Å². The van der Waals surface area contributed by atoms with Crippen molar-refractivity contribution in [2.24, 2.45) is 0 Å². The van der Waals surface area contributed by atoms with Crippen LogP contribution in [-0.2, 0) is 19.4 Å². The smallest absolute Gasteiger partial charge is 0.271 e. The molecule has 0 atom stereocenters. The summed E-state index contributed by atoms with van der Waals surface area (Å²) in [5.74, 6) is 0.927. The van der Waals surface area contributed by atoms with E-state index >= 15 is 0 Å². The van der Waals surface area contributed by atoms with E-state index in [4.69, 9.17) is 14.2 Å². The molecule has 1 heterocycles. The van der Waals surface area contributed by atoms with Gasteiger partial charge in [0.05, 0.1) is 26.9 Å². The highest BCUT2D eigenvalue weighted by Gasteiger charge is 2.24. The Morgan fingerprint density at radius 1 is 1.00 bits per heavy atom. The number of aromatic nitrogens is 1. The van der Waals surface area contributed by atoms with Crippen LogP contribution in [0.4, 0.5) is 0 Å². The van der Waals surface area contributed by atoms with Crippen LogP contribution in [0.2, 0.25) is 0 Å². The lowest BCUT2D eigenvalue weighted by molar-refractivity contribution is 0.0988. The van der Waals surface area contributed by atoms with E-state index in [0.29, 0.717) is 29.2 Å². The third-order valence-corrected chi connectivity index (χ3v) is 5.67. The van der Waals surface area contributed by atoms with Gasteiger partial charge in [0.15, 0.2) is 17.3 Å². The Labute approximate surface area is 197 Å². The van der Waals surface area contributed by atoms with Crippen LogP contribution in [0.5, 0.6) is 23.1 Å². The highest BCUT2D eigenvalue weighted by molar-refractivity contribution is 6.01. The molecule has 1 N–H and O–H groups in total. The molecule has 8 heteroatoms. The molecule has 3 aromatic rings. The zero-order valence-corrected chi connectivity index (χ0v) is 19.5. The summed E-state index contributed by atoms with van der Waals surface area (Å²) in [5.41, 5.74) is 0.882. The van der Waals surface area contributed by atoms with Gasteiger partial charge < -0.3 is 19.3 Å². The van der Waals surface area contributed by atoms with Crippen molar-refractivity contribution in [1.29, 1.82) is 5.26 Å². The Balaban J connectivity index is 1.95. The Bertz CT molecular complexity index is 1300. The number of nitrogens with zero attached hydrogens (tertiary/aromatic N) is 2. The van der Waals surface area contributed by atoms with Crippen LogP contribution in [0, 0.1) is 18.3 Å². The monoisotopic (exact) mass is 462 g/mol. The van der Waals surface area contributed by atoms with Crippen LogP contribution in [0.15, 0.2) is 47.3 Å². The molecule has 0 saturated carbocycles. The summed E-state index contributed by atoms with van der Waals surface area (Å²) in [5, 5.41) is 20.5. The first-order valence-corrected chi connectivity index (χ1v) is 10.6. The molecule has 0 amide bonds. The first-order chi connectivity index (χ1) is 16.3. The van der Waals surface area contributed by atoms with E-state index in [1.807, 2.05) is 12.1 Å². The van der Waals surface area contributed by atoms with Crippen LogP contribution < -0.4 is 19.8 Å². The standard InChI is InChI=1S/C26H26N2O6/c1-16-20(15-27)25(30)28(12-11-18-7-10-22(33-3)23(14-18)34-4)26(31)24(16)21(29)13-17-5-8-19(32-2)9-6-17/h5-10,14,31H,11-13H2,1-4H3. The number of hydrogen-bond acceptors (Lipinski definition) is 7. The predicted molar refractivity (Wildman–Crippen MR) is 126 cm³/mol. The van der Waals surface area contributed by atoms with Gasteiger partial charge >= 0.3 is 0 Å². The molecule has 34 heavy (non-hydrogen) atoms. The van der Waals surface area contributed by atoms with Crippen LogP contribution in [0.1, 0.15) is 32.6 Å². The third kappa shape index (κ3) is 4.89. The maximum atomic E-state index is 13.1. The van der Waals surface area contributed by atoms with Crippen LogP contribution in [0.25, 0.3) is 0 Å². The zero-order valence-electron chi connectivity index (χ0n) is 19.5. The fraction of sp³-hybridized carbons (Fsp3) is 0.269. The molecular formula is C26H26N2O6. The van der Waals surface area contributed by atoms with E-state index in [0.717, 1.165) is 10.1 Å². The van der Waals surface area contributed by atoms with Gasteiger partial charge in [-0.3, -0.25) is 14.2 Å². The molecule has 0 unspecified atom stereocenters. The van der Waals surface area contributed by atoms with Crippen molar-refractivity contribution >= 4 is 5.78 Å². The lowest BCUT2D eigenvalue weighted by atomic mass is 9.97. The molecule has 1 aromatic heterocycles. The molecule has 0 aliphatic rings. The zero-order chi connectivity index (χ0) is 24.8. The van der Waals surface area contributed by atoms with Gasteiger partial charge in [-0.2, -0.15) is 5.26 Å². The summed E-state index contributed by atoms with van der Waals surface area (Å²) in [6.07, 6.45) is 0.352. The van der Waals surface area contributed by atoms with E-state index in [1.54, 1.807) is 43.5 Å². The first kappa shape index (κ1) is 24.4. The minimum absolute atomic E-state index is 0.00283. The van der Waals surface area contributed by atoms with Crippen LogP contribution in [0.3, 0.4) is 0 Å². The summed E-state index contributed by atoms with van der Waals surface area (Å²) in [6.45, 7) is 1.57. The van der Waals surface area contributed by atoms with Gasteiger partial charge in [-0.15, -0.1) is 0 Å². The number of ketones is 1. The summed E-state index contributed by atoms with van der Waals surface area (Å²) in [6, 6.07) is 14.2. The maximum absolute atomic E-state index is 13.1. The molecule has 8 nitrogen and oxygen atoms in total. The molecule has 3 rings (SSSR count). The van der Waals surface area contributed by atoms with Gasteiger partial charge in [0.1, 0.15) is 17.4 Å². The van der Waals surface area contributed by atoms with E-state index in [1.165, 1.54) is 21.1 Å². The molecule has 0 fully saturated rings. The Morgan fingerprint density at radius 3 is 2.24 bits per heavy atom. The second-order valence-electron chi connectivity index (χ2n) is 7.65. The average Bonchev–Trinajstić information content (AvgIpc) is 2.84. The molecule has 0 saturated heterocycles. The number of ether oxygens (including phenoxy) is 3. The fourth-order valence-corrected chi connectivity index (χ4v) is 3.79. The molecule has 176 valence electrons. The van der Waals surface area contributed by atoms with Gasteiger partial charge in [-0.1, -0.05) is 18.2 Å². The number of methoxy groups -OCH3 is 3. The average molecular weight is 463 g/mol. The molecule has 0 radical (unpaired) electrons. The number of carbonyl (C=O) groups is 1. The highest BCUT2D eigenvalue weighted by atomic mass is 16.5. The quantitative estimate of drug-likeness (QED) is 0.485. The van der Waals surface area contributed by atoms with Crippen LogP contribution >= 0.6 is 0 Å². The number of benzene rings is 2. The number of Topliss-reactive ketones (excluding diaryl/α,β-unsaturated/α-hetero) is 1. The lowest BCUT2D eigenvalue weighted by Crippen LogP contribution is -2.27. The molecular weight excluding hydrogens is 436 g/mol. The second-order valence-corrected chi connectivity index (χ2v) is 7.65. The second kappa shape index (κ2) is 10.6. The molecule has 0 aliphatic carbocycles. The minimum Gasteiger partial charge on any atom is -0.497 e. The van der Waals surface area contributed by atoms with Crippen molar-refractivity contribution in [2.45, 2.75) is 26.3 Å². The van der Waals surface area contributed by atoms with Crippen molar-refractivity contribution < 1.29 is 24.1 Å². The van der Waals surface area contributed by atoms with E-state index in [-0.39, 0.29) is 29.7 Å². The molecule has 0 bridgehead atoms.